The third-order valence-electron chi connectivity index (χ3n) is 1.86. The Labute approximate surface area is 93.6 Å². The van der Waals surface area contributed by atoms with E-state index >= 15 is 0 Å². The number of aromatic nitrogens is 1. The van der Waals surface area contributed by atoms with Crippen molar-refractivity contribution in [3.63, 3.8) is 0 Å². The summed E-state index contributed by atoms with van der Waals surface area (Å²) in [6.45, 7) is 4.87. The molecule has 1 aromatic rings. The van der Waals surface area contributed by atoms with E-state index in [4.69, 9.17) is 28.9 Å². The molecule has 14 heavy (non-hydrogen) atoms. The molecule has 78 valence electrons. The minimum absolute atomic E-state index is 0.535. The van der Waals surface area contributed by atoms with Gasteiger partial charge in [0.2, 0.25) is 0 Å². The first-order chi connectivity index (χ1) is 6.57. The predicted molar refractivity (Wildman–Crippen MR) is 61.3 cm³/mol. The predicted octanol–water partition coefficient (Wildman–Crippen LogP) is 2.38. The minimum Gasteiger partial charge on any atom is -0.381 e. The second-order valence-corrected chi connectivity index (χ2v) is 3.76. The Morgan fingerprint density at radius 1 is 1.21 bits per heavy atom. The molecule has 0 atom stereocenters. The van der Waals surface area contributed by atoms with Gasteiger partial charge >= 0.3 is 0 Å². The van der Waals surface area contributed by atoms with Crippen LogP contribution in [0, 0.1) is 13.8 Å². The maximum Gasteiger partial charge on any atom is 0.0865 e. The molecule has 5 heteroatoms. The van der Waals surface area contributed by atoms with Crippen molar-refractivity contribution in [1.82, 2.24) is 4.98 Å². The van der Waals surface area contributed by atoms with Crippen molar-refractivity contribution in [1.29, 1.82) is 0 Å². The summed E-state index contributed by atoms with van der Waals surface area (Å²) in [7, 11) is 0. The third kappa shape index (κ3) is 2.29. The van der Waals surface area contributed by atoms with Crippen LogP contribution in [0.3, 0.4) is 0 Å². The molecule has 0 aromatic carbocycles. The summed E-state index contributed by atoms with van der Waals surface area (Å²) in [4.78, 5) is 4.21. The summed E-state index contributed by atoms with van der Waals surface area (Å²) >= 11 is 12.1. The lowest BCUT2D eigenvalue weighted by molar-refractivity contribution is 1.02. The lowest BCUT2D eigenvalue weighted by atomic mass is 10.2. The molecular weight excluding hydrogens is 221 g/mol. The van der Waals surface area contributed by atoms with E-state index in [0.717, 1.165) is 17.1 Å². The number of rotatable bonds is 3. The highest BCUT2D eigenvalue weighted by molar-refractivity contribution is 6.39. The van der Waals surface area contributed by atoms with Crippen LogP contribution in [0.25, 0.3) is 0 Å². The number of pyridine rings is 1. The van der Waals surface area contributed by atoms with Gasteiger partial charge in [-0.15, -0.1) is 0 Å². The monoisotopic (exact) mass is 233 g/mol. The zero-order valence-corrected chi connectivity index (χ0v) is 9.71. The van der Waals surface area contributed by atoms with Gasteiger partial charge in [0, 0.05) is 13.1 Å². The van der Waals surface area contributed by atoms with Gasteiger partial charge in [0.1, 0.15) is 0 Å². The molecule has 0 unspecified atom stereocenters. The molecule has 1 rings (SSSR count). The maximum atomic E-state index is 6.06. The molecule has 0 bridgehead atoms. The van der Waals surface area contributed by atoms with Crippen LogP contribution in [0.15, 0.2) is 0 Å². The summed E-state index contributed by atoms with van der Waals surface area (Å²) < 4.78 is 0. The summed E-state index contributed by atoms with van der Waals surface area (Å²) in [5.74, 6) is 0. The topological polar surface area (TPSA) is 50.9 Å². The van der Waals surface area contributed by atoms with Crippen molar-refractivity contribution in [2.75, 3.05) is 18.4 Å². The van der Waals surface area contributed by atoms with Crippen LogP contribution < -0.4 is 11.1 Å². The first-order valence-electron chi connectivity index (χ1n) is 4.34. The van der Waals surface area contributed by atoms with Gasteiger partial charge < -0.3 is 11.1 Å². The highest BCUT2D eigenvalue weighted by atomic mass is 35.5. The molecule has 0 radical (unpaired) electrons. The van der Waals surface area contributed by atoms with Crippen LogP contribution >= 0.6 is 23.2 Å². The highest BCUT2D eigenvalue weighted by Crippen LogP contribution is 2.33. The van der Waals surface area contributed by atoms with E-state index in [-0.39, 0.29) is 0 Å². The van der Waals surface area contributed by atoms with Crippen molar-refractivity contribution in [3.05, 3.63) is 21.4 Å². The van der Waals surface area contributed by atoms with E-state index in [0.29, 0.717) is 23.1 Å². The minimum atomic E-state index is 0.535. The number of nitrogens with zero attached hydrogens (tertiary/aromatic N) is 1. The average Bonchev–Trinajstić information content (AvgIpc) is 2.15. The second-order valence-electron chi connectivity index (χ2n) is 3.00. The molecule has 0 aliphatic rings. The first-order valence-corrected chi connectivity index (χ1v) is 5.09. The Kier molecular flexibility index (Phi) is 3.98. The Morgan fingerprint density at radius 2 is 1.71 bits per heavy atom. The van der Waals surface area contributed by atoms with Crippen LogP contribution in [0.5, 0.6) is 0 Å². The Morgan fingerprint density at radius 3 is 2.14 bits per heavy atom. The lowest BCUT2D eigenvalue weighted by Crippen LogP contribution is -2.14. The van der Waals surface area contributed by atoms with Gasteiger partial charge in [-0.2, -0.15) is 0 Å². The third-order valence-corrected chi connectivity index (χ3v) is 2.78. The highest BCUT2D eigenvalue weighted by Gasteiger charge is 2.11. The van der Waals surface area contributed by atoms with Crippen molar-refractivity contribution >= 4 is 28.9 Å². The average molecular weight is 234 g/mol. The van der Waals surface area contributed by atoms with Crippen LogP contribution in [-0.2, 0) is 0 Å². The summed E-state index contributed by atoms with van der Waals surface area (Å²) in [5, 5.41) is 4.21. The number of hydrogen-bond acceptors (Lipinski definition) is 3. The van der Waals surface area contributed by atoms with Crippen LogP contribution in [0.2, 0.25) is 10.0 Å². The SMILES string of the molecule is Cc1nc(C)c(Cl)c(NCCN)c1Cl. The maximum absolute atomic E-state index is 6.06. The Bertz CT molecular complexity index is 313. The molecule has 0 aliphatic heterocycles. The summed E-state index contributed by atoms with van der Waals surface area (Å²) in [6, 6.07) is 0. The van der Waals surface area contributed by atoms with Gasteiger partial charge in [-0.25, -0.2) is 0 Å². The van der Waals surface area contributed by atoms with E-state index in [9.17, 15) is 0 Å². The summed E-state index contributed by atoms with van der Waals surface area (Å²) in [5.41, 5.74) is 7.66. The molecule has 1 aromatic heterocycles. The largest absolute Gasteiger partial charge is 0.381 e. The Hall–Kier alpha value is -0.510. The smallest absolute Gasteiger partial charge is 0.0865 e. The van der Waals surface area contributed by atoms with Crippen molar-refractivity contribution in [2.45, 2.75) is 13.8 Å². The van der Waals surface area contributed by atoms with E-state index in [2.05, 4.69) is 10.3 Å². The fourth-order valence-electron chi connectivity index (χ4n) is 1.16. The molecule has 1 heterocycles. The zero-order valence-electron chi connectivity index (χ0n) is 8.19. The van der Waals surface area contributed by atoms with Gasteiger partial charge in [0.05, 0.1) is 27.1 Å². The van der Waals surface area contributed by atoms with Crippen LogP contribution in [0.1, 0.15) is 11.4 Å². The fraction of sp³-hybridized carbons (Fsp3) is 0.444. The molecule has 0 saturated heterocycles. The van der Waals surface area contributed by atoms with E-state index in [1.54, 1.807) is 0 Å². The number of nitrogens with two attached hydrogens (primary N) is 1. The molecule has 0 saturated carbocycles. The Balaban J connectivity index is 3.11. The van der Waals surface area contributed by atoms with E-state index in [1.807, 2.05) is 13.8 Å². The van der Waals surface area contributed by atoms with E-state index < -0.39 is 0 Å². The normalized spacial score (nSPS) is 10.4. The van der Waals surface area contributed by atoms with Gasteiger partial charge in [-0.1, -0.05) is 23.2 Å². The summed E-state index contributed by atoms with van der Waals surface area (Å²) in [6.07, 6.45) is 0. The van der Waals surface area contributed by atoms with Crippen molar-refractivity contribution in [3.8, 4) is 0 Å². The standard InChI is InChI=1S/C9H13Cl2N3/c1-5-7(10)9(13-4-3-12)8(11)6(2)14-5/h3-4,12H2,1-2H3,(H,13,14). The van der Waals surface area contributed by atoms with Crippen LogP contribution in [0.4, 0.5) is 5.69 Å². The van der Waals surface area contributed by atoms with E-state index in [1.165, 1.54) is 0 Å². The quantitative estimate of drug-likeness (QED) is 0.844. The molecule has 0 fully saturated rings. The molecule has 0 spiro atoms. The fourth-order valence-corrected chi connectivity index (χ4v) is 1.62. The van der Waals surface area contributed by atoms with Crippen molar-refractivity contribution in [2.24, 2.45) is 5.73 Å². The first kappa shape index (κ1) is 11.6. The lowest BCUT2D eigenvalue weighted by Gasteiger charge is -2.12. The van der Waals surface area contributed by atoms with Crippen LogP contribution in [-0.4, -0.2) is 18.1 Å². The molecule has 0 aliphatic carbocycles. The zero-order chi connectivity index (χ0) is 10.7. The molecule has 0 amide bonds. The van der Waals surface area contributed by atoms with Gasteiger partial charge in [-0.05, 0) is 13.8 Å². The number of anilines is 1. The molecular formula is C9H13Cl2N3. The number of nitrogens with one attached hydrogen (secondary N) is 1. The van der Waals surface area contributed by atoms with Gasteiger partial charge in [0.25, 0.3) is 0 Å². The van der Waals surface area contributed by atoms with Crippen molar-refractivity contribution < 1.29 is 0 Å². The van der Waals surface area contributed by atoms with Gasteiger partial charge in [-0.3, -0.25) is 4.98 Å². The second kappa shape index (κ2) is 4.82. The molecule has 3 nitrogen and oxygen atoms in total. The molecule has 3 N–H and O–H groups in total. The number of halogens is 2. The van der Waals surface area contributed by atoms with Gasteiger partial charge in [0.15, 0.2) is 0 Å². The number of hydrogen-bond donors (Lipinski definition) is 2. The number of aryl methyl sites for hydroxylation is 2.